The van der Waals surface area contributed by atoms with Gasteiger partial charge in [-0.15, -0.1) is 0 Å². The molecule has 1 aromatic heterocycles. The van der Waals surface area contributed by atoms with E-state index in [0.717, 1.165) is 34.5 Å². The number of benzene rings is 2. The van der Waals surface area contributed by atoms with Gasteiger partial charge in [0.05, 0.1) is 12.1 Å². The van der Waals surface area contributed by atoms with E-state index in [0.29, 0.717) is 5.82 Å². The maximum absolute atomic E-state index is 12.6. The van der Waals surface area contributed by atoms with Crippen LogP contribution in [0.4, 0.5) is 11.5 Å². The Morgan fingerprint density at radius 2 is 1.86 bits per heavy atom. The Morgan fingerprint density at radius 3 is 2.55 bits per heavy atom. The van der Waals surface area contributed by atoms with Gasteiger partial charge >= 0.3 is 0 Å². The molecule has 6 nitrogen and oxygen atoms in total. The lowest BCUT2D eigenvalue weighted by molar-refractivity contribution is -0.123. The van der Waals surface area contributed by atoms with Gasteiger partial charge < -0.3 is 10.6 Å². The van der Waals surface area contributed by atoms with Crippen molar-refractivity contribution in [1.82, 2.24) is 9.78 Å². The van der Waals surface area contributed by atoms with Crippen molar-refractivity contribution < 1.29 is 9.59 Å². The highest BCUT2D eigenvalue weighted by molar-refractivity contribution is 6.04. The molecule has 2 aromatic carbocycles. The highest BCUT2D eigenvalue weighted by atomic mass is 16.2. The summed E-state index contributed by atoms with van der Waals surface area (Å²) in [5, 5.41) is 10.5. The second kappa shape index (κ2) is 7.54. The minimum Gasteiger partial charge on any atom is -0.326 e. The molecule has 2 amide bonds. The summed E-state index contributed by atoms with van der Waals surface area (Å²) in [6.07, 6.45) is 0.770. The monoisotopic (exact) mass is 388 g/mol. The third-order valence-corrected chi connectivity index (χ3v) is 5.30. The molecule has 0 bridgehead atoms. The maximum Gasteiger partial charge on any atom is 0.251 e. The molecule has 0 fully saturated rings. The van der Waals surface area contributed by atoms with Gasteiger partial charge in [0, 0.05) is 11.3 Å². The van der Waals surface area contributed by atoms with Crippen molar-refractivity contribution in [2.45, 2.75) is 39.7 Å². The van der Waals surface area contributed by atoms with Gasteiger partial charge in [0.2, 0.25) is 5.91 Å². The Morgan fingerprint density at radius 1 is 1.14 bits per heavy atom. The van der Waals surface area contributed by atoms with Gasteiger partial charge in [-0.1, -0.05) is 55.0 Å². The van der Waals surface area contributed by atoms with Gasteiger partial charge in [0.1, 0.15) is 11.9 Å². The molecule has 0 aliphatic carbocycles. The number of fused-ring (bicyclic) bond motifs is 1. The molecule has 2 N–H and O–H groups in total. The number of hydrogen-bond acceptors (Lipinski definition) is 3. The normalized spacial score (nSPS) is 15.1. The lowest BCUT2D eigenvalue weighted by Crippen LogP contribution is -2.24. The van der Waals surface area contributed by atoms with Crippen molar-refractivity contribution >= 4 is 23.3 Å². The van der Waals surface area contributed by atoms with E-state index >= 15 is 0 Å². The van der Waals surface area contributed by atoms with Gasteiger partial charge in [-0.2, -0.15) is 5.10 Å². The summed E-state index contributed by atoms with van der Waals surface area (Å²) in [5.74, 6) is 0.255. The second-order valence-electron chi connectivity index (χ2n) is 7.41. The van der Waals surface area contributed by atoms with Crippen LogP contribution in [0.5, 0.6) is 0 Å². The summed E-state index contributed by atoms with van der Waals surface area (Å²) in [4.78, 5) is 25.2. The van der Waals surface area contributed by atoms with Crippen LogP contribution >= 0.6 is 0 Å². The Hall–Kier alpha value is -3.41. The summed E-state index contributed by atoms with van der Waals surface area (Å²) >= 11 is 0. The van der Waals surface area contributed by atoms with Crippen molar-refractivity contribution in [2.24, 2.45) is 0 Å². The number of carbonyl (C=O) groups excluding carboxylic acids is 2. The number of para-hydroxylation sites is 1. The van der Waals surface area contributed by atoms with E-state index in [1.54, 1.807) is 4.68 Å². The fourth-order valence-electron chi connectivity index (χ4n) is 3.68. The Kier molecular flexibility index (Phi) is 4.92. The van der Waals surface area contributed by atoms with Gasteiger partial charge in [-0.05, 0) is 37.5 Å². The number of amides is 2. The first-order valence-corrected chi connectivity index (χ1v) is 9.82. The van der Waals surface area contributed by atoms with E-state index < -0.39 is 6.04 Å². The fraction of sp³-hybridized carbons (Fsp3) is 0.261. The Bertz CT molecular complexity index is 1080. The van der Waals surface area contributed by atoms with E-state index in [4.69, 9.17) is 0 Å². The number of rotatable bonds is 5. The van der Waals surface area contributed by atoms with Gasteiger partial charge in [-0.25, -0.2) is 4.68 Å². The molecule has 2 heterocycles. The maximum atomic E-state index is 12.6. The van der Waals surface area contributed by atoms with Crippen LogP contribution in [0.25, 0.3) is 11.1 Å². The van der Waals surface area contributed by atoms with E-state index in [2.05, 4.69) is 15.7 Å². The molecule has 0 saturated heterocycles. The zero-order chi connectivity index (χ0) is 20.5. The van der Waals surface area contributed by atoms with Gasteiger partial charge in [0.25, 0.3) is 5.91 Å². The molecule has 0 spiro atoms. The highest BCUT2D eigenvalue weighted by Crippen LogP contribution is 2.38. The average Bonchev–Trinajstić information content (AvgIpc) is 3.20. The molecule has 1 aliphatic rings. The standard InChI is InChI=1S/C23H24N4O2/c1-4-17-21(16-11-9-14(2)10-12-16)22-25-23(29)19(27(22)26-17)13-20(28)24-18-8-6-5-7-15(18)3/h5-12,19H,4,13H2,1-3H3,(H,24,28)(H,25,29). The van der Waals surface area contributed by atoms with Crippen molar-refractivity contribution in [2.75, 3.05) is 10.6 Å². The van der Waals surface area contributed by atoms with Crippen LogP contribution in [0.3, 0.4) is 0 Å². The fourth-order valence-corrected chi connectivity index (χ4v) is 3.68. The van der Waals surface area contributed by atoms with E-state index in [1.165, 1.54) is 5.56 Å². The highest BCUT2D eigenvalue weighted by Gasteiger charge is 2.36. The molecule has 148 valence electrons. The first kappa shape index (κ1) is 18.9. The van der Waals surface area contributed by atoms with Crippen LogP contribution in [0, 0.1) is 13.8 Å². The lowest BCUT2D eigenvalue weighted by atomic mass is 10.0. The topological polar surface area (TPSA) is 76.0 Å². The van der Waals surface area contributed by atoms with Crippen molar-refractivity contribution in [3.63, 3.8) is 0 Å². The molecular weight excluding hydrogens is 364 g/mol. The minimum absolute atomic E-state index is 0.0331. The zero-order valence-corrected chi connectivity index (χ0v) is 16.8. The van der Waals surface area contributed by atoms with Gasteiger partial charge in [0.15, 0.2) is 0 Å². The molecule has 1 unspecified atom stereocenters. The summed E-state index contributed by atoms with van der Waals surface area (Å²) in [6.45, 7) is 6.01. The summed E-state index contributed by atoms with van der Waals surface area (Å²) in [7, 11) is 0. The van der Waals surface area contributed by atoms with Gasteiger partial charge in [-0.3, -0.25) is 9.59 Å². The largest absolute Gasteiger partial charge is 0.326 e. The molecule has 1 aliphatic heterocycles. The Labute approximate surface area is 169 Å². The minimum atomic E-state index is -0.654. The third-order valence-electron chi connectivity index (χ3n) is 5.30. The quantitative estimate of drug-likeness (QED) is 0.686. The van der Waals surface area contributed by atoms with E-state index in [-0.39, 0.29) is 18.2 Å². The second-order valence-corrected chi connectivity index (χ2v) is 7.41. The number of anilines is 2. The van der Waals surface area contributed by atoms with Crippen LogP contribution < -0.4 is 10.6 Å². The van der Waals surface area contributed by atoms with Crippen molar-refractivity contribution in [1.29, 1.82) is 0 Å². The summed E-state index contributed by atoms with van der Waals surface area (Å²) in [5.41, 5.74) is 5.76. The smallest absolute Gasteiger partial charge is 0.251 e. The number of aromatic nitrogens is 2. The molecule has 6 heteroatoms. The molecule has 1 atom stereocenters. The number of hydrogen-bond donors (Lipinski definition) is 2. The molecule has 29 heavy (non-hydrogen) atoms. The number of nitrogens with zero attached hydrogens (tertiary/aromatic N) is 2. The number of aryl methyl sites for hydroxylation is 3. The molecule has 0 radical (unpaired) electrons. The lowest BCUT2D eigenvalue weighted by Gasteiger charge is -2.11. The Balaban J connectivity index is 1.62. The predicted octanol–water partition coefficient (Wildman–Crippen LogP) is 4.25. The number of carbonyl (C=O) groups is 2. The molecule has 0 saturated carbocycles. The first-order valence-electron chi connectivity index (χ1n) is 9.82. The van der Waals surface area contributed by atoms with Crippen molar-refractivity contribution in [3.05, 3.63) is 65.4 Å². The molecular formula is C23H24N4O2. The van der Waals surface area contributed by atoms with E-state index in [9.17, 15) is 9.59 Å². The van der Waals surface area contributed by atoms with E-state index in [1.807, 2.05) is 69.3 Å². The molecule has 4 rings (SSSR count). The van der Waals surface area contributed by atoms with Crippen LogP contribution in [0.1, 0.15) is 36.2 Å². The van der Waals surface area contributed by atoms with Crippen LogP contribution in [-0.2, 0) is 16.0 Å². The van der Waals surface area contributed by atoms with Crippen LogP contribution in [-0.4, -0.2) is 21.6 Å². The zero-order valence-electron chi connectivity index (χ0n) is 16.8. The predicted molar refractivity (Wildman–Crippen MR) is 114 cm³/mol. The summed E-state index contributed by atoms with van der Waals surface area (Å²) < 4.78 is 1.67. The SMILES string of the molecule is CCc1nn2c(c1-c1ccc(C)cc1)NC(=O)C2CC(=O)Nc1ccccc1C. The third kappa shape index (κ3) is 3.53. The van der Waals surface area contributed by atoms with Crippen LogP contribution in [0.2, 0.25) is 0 Å². The number of nitrogens with one attached hydrogen (secondary N) is 2. The summed E-state index contributed by atoms with van der Waals surface area (Å²) in [6, 6.07) is 15.1. The van der Waals surface area contributed by atoms with Crippen molar-refractivity contribution in [3.8, 4) is 11.1 Å². The van der Waals surface area contributed by atoms with Crippen LogP contribution in [0.15, 0.2) is 48.5 Å². The first-order chi connectivity index (χ1) is 14.0. The molecule has 3 aromatic rings. The average molecular weight is 388 g/mol.